The predicted octanol–water partition coefficient (Wildman–Crippen LogP) is 6.40. The zero-order chi connectivity index (χ0) is 21.2. The number of hydrogen-bond acceptors (Lipinski definition) is 2. The van der Waals surface area contributed by atoms with Gasteiger partial charge in [0.05, 0.1) is 6.61 Å². The van der Waals surface area contributed by atoms with Crippen molar-refractivity contribution >= 4 is 23.5 Å². The van der Waals surface area contributed by atoms with Crippen LogP contribution < -0.4 is 15.0 Å². The average molecular weight is 401 g/mol. The number of rotatable bonds is 8. The fourth-order valence-electron chi connectivity index (χ4n) is 3.07. The van der Waals surface area contributed by atoms with Crippen LogP contribution in [0.4, 0.5) is 16.2 Å². The number of amides is 2. The minimum absolute atomic E-state index is 0.180. The van der Waals surface area contributed by atoms with Crippen LogP contribution in [0.25, 0.3) is 6.08 Å². The van der Waals surface area contributed by atoms with E-state index in [1.54, 1.807) is 4.90 Å². The molecule has 4 heteroatoms. The van der Waals surface area contributed by atoms with E-state index in [0.29, 0.717) is 13.2 Å². The summed E-state index contributed by atoms with van der Waals surface area (Å²) in [7, 11) is 0. The Bertz CT molecular complexity index is 949. The fourth-order valence-corrected chi connectivity index (χ4v) is 3.07. The molecule has 0 aromatic heterocycles. The number of anilines is 2. The SMILES string of the molecule is CCOc1ccc(NC(=O)N(C/C=C/c2ccccc2)c2ccc(CC)cc2)cc1. The maximum absolute atomic E-state index is 13.1. The molecule has 0 bridgehead atoms. The van der Waals surface area contributed by atoms with Gasteiger partial charge in [-0.05, 0) is 60.9 Å². The molecule has 4 nitrogen and oxygen atoms in total. The summed E-state index contributed by atoms with van der Waals surface area (Å²) >= 11 is 0. The molecule has 0 atom stereocenters. The number of carbonyl (C=O) groups excluding carboxylic acids is 1. The molecular formula is C26H28N2O2. The summed E-state index contributed by atoms with van der Waals surface area (Å²) in [6.45, 7) is 5.14. The molecule has 3 aromatic carbocycles. The van der Waals surface area contributed by atoms with Crippen molar-refractivity contribution in [2.24, 2.45) is 0 Å². The summed E-state index contributed by atoms with van der Waals surface area (Å²) < 4.78 is 5.47. The summed E-state index contributed by atoms with van der Waals surface area (Å²) in [4.78, 5) is 14.8. The minimum Gasteiger partial charge on any atom is -0.494 e. The number of nitrogens with zero attached hydrogens (tertiary/aromatic N) is 1. The van der Waals surface area contributed by atoms with E-state index >= 15 is 0 Å². The van der Waals surface area contributed by atoms with Gasteiger partial charge < -0.3 is 10.1 Å². The third-order valence-corrected chi connectivity index (χ3v) is 4.72. The molecule has 3 rings (SSSR count). The Labute approximate surface area is 178 Å². The van der Waals surface area contributed by atoms with E-state index in [2.05, 4.69) is 24.4 Å². The molecular weight excluding hydrogens is 372 g/mol. The lowest BCUT2D eigenvalue weighted by atomic mass is 10.1. The average Bonchev–Trinajstić information content (AvgIpc) is 2.79. The van der Waals surface area contributed by atoms with Crippen LogP contribution in [0.3, 0.4) is 0 Å². The largest absolute Gasteiger partial charge is 0.494 e. The van der Waals surface area contributed by atoms with Crippen LogP contribution in [-0.4, -0.2) is 19.2 Å². The van der Waals surface area contributed by atoms with Gasteiger partial charge in [-0.2, -0.15) is 0 Å². The van der Waals surface area contributed by atoms with Crippen LogP contribution in [0.1, 0.15) is 25.0 Å². The third kappa shape index (κ3) is 5.98. The van der Waals surface area contributed by atoms with E-state index in [4.69, 9.17) is 4.74 Å². The number of hydrogen-bond donors (Lipinski definition) is 1. The number of nitrogens with one attached hydrogen (secondary N) is 1. The zero-order valence-electron chi connectivity index (χ0n) is 17.5. The van der Waals surface area contributed by atoms with Crippen LogP contribution >= 0.6 is 0 Å². The highest BCUT2D eigenvalue weighted by molar-refractivity contribution is 6.02. The standard InChI is InChI=1S/C26H28N2O2/c1-3-21-12-16-24(17-13-21)28(20-8-11-22-9-6-5-7-10-22)26(29)27-23-14-18-25(19-15-23)30-4-2/h5-19H,3-4,20H2,1-2H3,(H,27,29)/b11-8+. The normalized spacial score (nSPS) is 10.7. The van der Waals surface area contributed by atoms with Crippen LogP contribution in [-0.2, 0) is 6.42 Å². The Morgan fingerprint density at radius 3 is 2.27 bits per heavy atom. The summed E-state index contributed by atoms with van der Waals surface area (Å²) in [6.07, 6.45) is 4.99. The van der Waals surface area contributed by atoms with Crippen molar-refractivity contribution in [1.29, 1.82) is 0 Å². The molecule has 2 amide bonds. The highest BCUT2D eigenvalue weighted by atomic mass is 16.5. The number of urea groups is 1. The van der Waals surface area contributed by atoms with Gasteiger partial charge in [0.15, 0.2) is 0 Å². The van der Waals surface area contributed by atoms with Crippen LogP contribution in [0.2, 0.25) is 0 Å². The first-order chi connectivity index (χ1) is 14.7. The zero-order valence-corrected chi connectivity index (χ0v) is 17.5. The monoisotopic (exact) mass is 400 g/mol. The molecule has 154 valence electrons. The lowest BCUT2D eigenvalue weighted by Gasteiger charge is -2.22. The molecule has 3 aromatic rings. The van der Waals surface area contributed by atoms with Crippen molar-refractivity contribution in [2.45, 2.75) is 20.3 Å². The summed E-state index contributed by atoms with van der Waals surface area (Å²) in [5.74, 6) is 0.785. The molecule has 0 spiro atoms. The Morgan fingerprint density at radius 1 is 0.933 bits per heavy atom. The molecule has 0 radical (unpaired) electrons. The van der Waals surface area contributed by atoms with Crippen LogP contribution in [0.15, 0.2) is 84.9 Å². The fraction of sp³-hybridized carbons (Fsp3) is 0.192. The van der Waals surface area contributed by atoms with Crippen molar-refractivity contribution in [3.63, 3.8) is 0 Å². The maximum Gasteiger partial charge on any atom is 0.326 e. The van der Waals surface area contributed by atoms with Crippen molar-refractivity contribution in [1.82, 2.24) is 0 Å². The molecule has 0 unspecified atom stereocenters. The van der Waals surface area contributed by atoms with E-state index in [1.807, 2.05) is 85.8 Å². The Hall–Kier alpha value is -3.53. The van der Waals surface area contributed by atoms with Gasteiger partial charge in [-0.25, -0.2) is 4.79 Å². The third-order valence-electron chi connectivity index (χ3n) is 4.72. The Kier molecular flexibility index (Phi) is 7.67. The van der Waals surface area contributed by atoms with Gasteiger partial charge in [0.2, 0.25) is 0 Å². The second kappa shape index (κ2) is 10.9. The molecule has 0 saturated heterocycles. The number of carbonyl (C=O) groups is 1. The van der Waals surface area contributed by atoms with Crippen LogP contribution in [0, 0.1) is 0 Å². The lowest BCUT2D eigenvalue weighted by molar-refractivity contribution is 0.257. The second-order valence-corrected chi connectivity index (χ2v) is 6.83. The van der Waals surface area contributed by atoms with E-state index in [-0.39, 0.29) is 6.03 Å². The number of benzene rings is 3. The Balaban J connectivity index is 1.76. The highest BCUT2D eigenvalue weighted by Crippen LogP contribution is 2.20. The summed E-state index contributed by atoms with van der Waals surface area (Å²) in [6, 6.07) is 25.4. The van der Waals surface area contributed by atoms with Crippen molar-refractivity contribution in [3.8, 4) is 5.75 Å². The minimum atomic E-state index is -0.180. The van der Waals surface area contributed by atoms with Gasteiger partial charge in [0.25, 0.3) is 0 Å². The molecule has 0 aliphatic carbocycles. The molecule has 0 heterocycles. The van der Waals surface area contributed by atoms with Crippen molar-refractivity contribution in [3.05, 3.63) is 96.1 Å². The van der Waals surface area contributed by atoms with E-state index in [0.717, 1.165) is 29.1 Å². The van der Waals surface area contributed by atoms with Crippen molar-refractivity contribution < 1.29 is 9.53 Å². The Morgan fingerprint density at radius 2 is 1.63 bits per heavy atom. The van der Waals surface area contributed by atoms with E-state index < -0.39 is 0 Å². The van der Waals surface area contributed by atoms with Gasteiger partial charge in [-0.15, -0.1) is 0 Å². The van der Waals surface area contributed by atoms with E-state index in [9.17, 15) is 4.79 Å². The topological polar surface area (TPSA) is 41.6 Å². The molecule has 30 heavy (non-hydrogen) atoms. The van der Waals surface area contributed by atoms with Crippen LogP contribution in [0.5, 0.6) is 5.75 Å². The highest BCUT2D eigenvalue weighted by Gasteiger charge is 2.15. The van der Waals surface area contributed by atoms with Gasteiger partial charge in [-0.1, -0.05) is 61.5 Å². The van der Waals surface area contributed by atoms with Crippen molar-refractivity contribution in [2.75, 3.05) is 23.4 Å². The lowest BCUT2D eigenvalue weighted by Crippen LogP contribution is -2.35. The van der Waals surface area contributed by atoms with Gasteiger partial charge >= 0.3 is 6.03 Å². The molecule has 0 aliphatic heterocycles. The first kappa shape index (κ1) is 21.2. The molecule has 1 N–H and O–H groups in total. The van der Waals surface area contributed by atoms with E-state index in [1.165, 1.54) is 5.56 Å². The summed E-state index contributed by atoms with van der Waals surface area (Å²) in [5, 5.41) is 2.98. The van der Waals surface area contributed by atoms with Gasteiger partial charge in [0.1, 0.15) is 5.75 Å². The first-order valence-electron chi connectivity index (χ1n) is 10.3. The first-order valence-corrected chi connectivity index (χ1v) is 10.3. The van der Waals surface area contributed by atoms with Gasteiger partial charge in [-0.3, -0.25) is 4.90 Å². The number of aryl methyl sites for hydroxylation is 1. The number of ether oxygens (including phenoxy) is 1. The van der Waals surface area contributed by atoms with Gasteiger partial charge in [0, 0.05) is 17.9 Å². The second-order valence-electron chi connectivity index (χ2n) is 6.83. The molecule has 0 fully saturated rings. The maximum atomic E-state index is 13.1. The summed E-state index contributed by atoms with van der Waals surface area (Å²) in [5.41, 5.74) is 3.93. The smallest absolute Gasteiger partial charge is 0.326 e. The molecule has 0 aliphatic rings. The predicted molar refractivity (Wildman–Crippen MR) is 125 cm³/mol. The quantitative estimate of drug-likeness (QED) is 0.475. The molecule has 0 saturated carbocycles.